The molecular weight excluding hydrogens is 377 g/mol. The second-order valence-electron chi connectivity index (χ2n) is 2.52. The molecule has 0 saturated heterocycles. The fourth-order valence-corrected chi connectivity index (χ4v) is 1.39. The van der Waals surface area contributed by atoms with Crippen molar-refractivity contribution in [3.8, 4) is 0 Å². The third-order valence-corrected chi connectivity index (χ3v) is 2.99. The predicted molar refractivity (Wildman–Crippen MR) is 68.2 cm³/mol. The SMILES string of the molecule is O=C(O)C(Br)ON=Cc1ccccc1I. The summed E-state index contributed by atoms with van der Waals surface area (Å²) in [4.78, 5) is 15.0. The number of hydrogen-bond donors (Lipinski definition) is 1. The lowest BCUT2D eigenvalue weighted by atomic mass is 10.2. The topological polar surface area (TPSA) is 58.9 Å². The van der Waals surface area contributed by atoms with Crippen molar-refractivity contribution in [3.63, 3.8) is 0 Å². The number of halogens is 2. The highest BCUT2D eigenvalue weighted by Gasteiger charge is 2.12. The van der Waals surface area contributed by atoms with E-state index >= 15 is 0 Å². The Balaban J connectivity index is 2.59. The number of oxime groups is 1. The van der Waals surface area contributed by atoms with Crippen LogP contribution in [0.4, 0.5) is 0 Å². The van der Waals surface area contributed by atoms with Crippen molar-refractivity contribution < 1.29 is 14.7 Å². The zero-order chi connectivity index (χ0) is 11.3. The van der Waals surface area contributed by atoms with Gasteiger partial charge in [-0.15, -0.1) is 0 Å². The highest BCUT2D eigenvalue weighted by molar-refractivity contribution is 14.1. The molecule has 0 fully saturated rings. The van der Waals surface area contributed by atoms with Crippen LogP contribution in [0.2, 0.25) is 0 Å². The van der Waals surface area contributed by atoms with Crippen molar-refractivity contribution in [2.45, 2.75) is 5.01 Å². The molecule has 0 saturated carbocycles. The predicted octanol–water partition coefficient (Wildman–Crippen LogP) is 2.45. The summed E-state index contributed by atoms with van der Waals surface area (Å²) >= 11 is 4.95. The van der Waals surface area contributed by atoms with Crippen LogP contribution in [0.3, 0.4) is 0 Å². The normalized spacial score (nSPS) is 12.7. The molecule has 1 atom stereocenters. The van der Waals surface area contributed by atoms with Crippen LogP contribution in [0.5, 0.6) is 0 Å². The molecule has 0 aromatic heterocycles. The molecule has 0 amide bonds. The molecule has 1 aromatic carbocycles. The van der Waals surface area contributed by atoms with Crippen molar-refractivity contribution in [1.82, 2.24) is 0 Å². The average molecular weight is 384 g/mol. The Morgan fingerprint density at radius 1 is 1.60 bits per heavy atom. The number of aliphatic carboxylic acids is 1. The van der Waals surface area contributed by atoms with Gasteiger partial charge >= 0.3 is 5.97 Å². The lowest BCUT2D eigenvalue weighted by molar-refractivity contribution is -0.144. The molecule has 0 spiro atoms. The summed E-state index contributed by atoms with van der Waals surface area (Å²) in [5.41, 5.74) is 0.878. The van der Waals surface area contributed by atoms with E-state index < -0.39 is 11.0 Å². The first-order chi connectivity index (χ1) is 7.11. The molecule has 0 bridgehead atoms. The summed E-state index contributed by atoms with van der Waals surface area (Å²) in [5, 5.41) is 10.9. The summed E-state index contributed by atoms with van der Waals surface area (Å²) < 4.78 is 1.02. The van der Waals surface area contributed by atoms with Crippen LogP contribution in [0.1, 0.15) is 5.56 Å². The molecule has 4 nitrogen and oxygen atoms in total. The molecule has 1 rings (SSSR count). The molecule has 0 aliphatic heterocycles. The number of carboxylic acid groups (broad SMARTS) is 1. The van der Waals surface area contributed by atoms with Gasteiger partial charge in [-0.1, -0.05) is 23.4 Å². The van der Waals surface area contributed by atoms with Crippen LogP contribution in [0, 0.1) is 3.57 Å². The first-order valence-corrected chi connectivity index (χ1v) is 5.91. The van der Waals surface area contributed by atoms with Crippen LogP contribution < -0.4 is 0 Å². The van der Waals surface area contributed by atoms with Gasteiger partial charge in [0.1, 0.15) is 0 Å². The maximum Gasteiger partial charge on any atom is 0.359 e. The van der Waals surface area contributed by atoms with Gasteiger partial charge in [0.25, 0.3) is 5.01 Å². The molecule has 1 unspecified atom stereocenters. The Labute approximate surface area is 109 Å². The van der Waals surface area contributed by atoms with Crippen LogP contribution in [0.15, 0.2) is 29.4 Å². The van der Waals surface area contributed by atoms with Crippen LogP contribution >= 0.6 is 38.5 Å². The molecule has 0 heterocycles. The number of nitrogens with zero attached hydrogens (tertiary/aromatic N) is 1. The molecule has 15 heavy (non-hydrogen) atoms. The fraction of sp³-hybridized carbons (Fsp3) is 0.111. The molecular formula is C9H7BrINO3. The molecule has 0 radical (unpaired) electrons. The molecule has 0 aliphatic carbocycles. The first-order valence-electron chi connectivity index (χ1n) is 3.92. The van der Waals surface area contributed by atoms with E-state index in [1.165, 1.54) is 6.21 Å². The average Bonchev–Trinajstić information content (AvgIpc) is 2.20. The van der Waals surface area contributed by atoms with E-state index in [-0.39, 0.29) is 0 Å². The lowest BCUT2D eigenvalue weighted by Crippen LogP contribution is -2.13. The van der Waals surface area contributed by atoms with Gasteiger partial charge in [0.15, 0.2) is 0 Å². The Hall–Kier alpha value is -0.630. The number of carboxylic acids is 1. The number of hydrogen-bond acceptors (Lipinski definition) is 3. The second kappa shape index (κ2) is 6.06. The zero-order valence-electron chi connectivity index (χ0n) is 7.43. The van der Waals surface area contributed by atoms with Gasteiger partial charge in [0.2, 0.25) is 0 Å². The summed E-state index contributed by atoms with van der Waals surface area (Å²) in [6.45, 7) is 0. The number of alkyl halides is 1. The van der Waals surface area contributed by atoms with Gasteiger partial charge in [-0.3, -0.25) is 0 Å². The standard InChI is InChI=1S/C9H7BrINO3/c10-8(9(13)14)15-12-5-6-3-1-2-4-7(6)11/h1-5,8H,(H,13,14). The minimum atomic E-state index is -1.12. The van der Waals surface area contributed by atoms with Gasteiger partial charge in [0.05, 0.1) is 6.21 Å². The molecule has 6 heteroatoms. The number of carbonyl (C=O) groups is 1. The highest BCUT2D eigenvalue weighted by atomic mass is 127. The maximum absolute atomic E-state index is 10.4. The van der Waals surface area contributed by atoms with E-state index in [4.69, 9.17) is 5.11 Å². The van der Waals surface area contributed by atoms with E-state index in [9.17, 15) is 4.79 Å². The Bertz CT molecular complexity index is 383. The molecule has 1 aromatic rings. The van der Waals surface area contributed by atoms with Crippen LogP contribution in [-0.4, -0.2) is 22.3 Å². The second-order valence-corrected chi connectivity index (χ2v) is 4.51. The third-order valence-electron chi connectivity index (χ3n) is 1.44. The van der Waals surface area contributed by atoms with E-state index in [0.29, 0.717) is 0 Å². The van der Waals surface area contributed by atoms with E-state index in [1.54, 1.807) is 0 Å². The largest absolute Gasteiger partial charge is 0.478 e. The number of benzene rings is 1. The van der Waals surface area contributed by atoms with Gasteiger partial charge in [-0.25, -0.2) is 4.79 Å². The van der Waals surface area contributed by atoms with Crippen molar-refractivity contribution >= 4 is 50.7 Å². The monoisotopic (exact) mass is 383 g/mol. The summed E-state index contributed by atoms with van der Waals surface area (Å²) in [5.74, 6) is -1.12. The Kier molecular flexibility index (Phi) is 5.03. The quantitative estimate of drug-likeness (QED) is 0.376. The first kappa shape index (κ1) is 12.4. The smallest absolute Gasteiger partial charge is 0.359 e. The zero-order valence-corrected chi connectivity index (χ0v) is 11.2. The number of rotatable bonds is 4. The lowest BCUT2D eigenvalue weighted by Gasteiger charge is -2.01. The van der Waals surface area contributed by atoms with E-state index in [1.807, 2.05) is 24.3 Å². The highest BCUT2D eigenvalue weighted by Crippen LogP contribution is 2.09. The van der Waals surface area contributed by atoms with Crippen molar-refractivity contribution in [2.75, 3.05) is 0 Å². The summed E-state index contributed by atoms with van der Waals surface area (Å²) in [6, 6.07) is 7.56. The molecule has 0 aliphatic rings. The fourth-order valence-electron chi connectivity index (χ4n) is 0.766. The van der Waals surface area contributed by atoms with Crippen molar-refractivity contribution in [1.29, 1.82) is 0 Å². The molecule has 1 N–H and O–H groups in total. The van der Waals surface area contributed by atoms with Gasteiger partial charge in [-0.05, 0) is 44.6 Å². The minimum Gasteiger partial charge on any atom is -0.478 e. The summed E-state index contributed by atoms with van der Waals surface area (Å²) in [6.07, 6.45) is 1.47. The Morgan fingerprint density at radius 3 is 2.87 bits per heavy atom. The van der Waals surface area contributed by atoms with E-state index in [2.05, 4.69) is 48.5 Å². The summed E-state index contributed by atoms with van der Waals surface area (Å²) in [7, 11) is 0. The van der Waals surface area contributed by atoms with Crippen molar-refractivity contribution in [2.24, 2.45) is 5.16 Å². The Morgan fingerprint density at radius 2 is 2.27 bits per heavy atom. The van der Waals surface area contributed by atoms with Crippen LogP contribution in [-0.2, 0) is 9.63 Å². The van der Waals surface area contributed by atoms with Gasteiger partial charge in [-0.2, -0.15) is 0 Å². The third kappa shape index (κ3) is 4.17. The maximum atomic E-state index is 10.4. The van der Waals surface area contributed by atoms with Crippen LogP contribution in [0.25, 0.3) is 0 Å². The minimum absolute atomic E-state index is 0.878. The van der Waals surface area contributed by atoms with Gasteiger partial charge < -0.3 is 9.94 Å². The van der Waals surface area contributed by atoms with E-state index in [0.717, 1.165) is 9.13 Å². The van der Waals surface area contributed by atoms with Gasteiger partial charge in [0, 0.05) is 9.13 Å². The molecule has 80 valence electrons. The van der Waals surface area contributed by atoms with Crippen molar-refractivity contribution in [3.05, 3.63) is 33.4 Å².